The van der Waals surface area contributed by atoms with Gasteiger partial charge in [0.25, 0.3) is 5.56 Å². The van der Waals surface area contributed by atoms with Crippen molar-refractivity contribution < 1.29 is 14.3 Å². The van der Waals surface area contributed by atoms with Gasteiger partial charge in [0.05, 0.1) is 42.9 Å². The number of carbonyl (C=O) groups excluding carboxylic acids is 2. The van der Waals surface area contributed by atoms with Crippen molar-refractivity contribution in [3.8, 4) is 0 Å². The molecule has 0 aliphatic carbocycles. The van der Waals surface area contributed by atoms with Crippen LogP contribution in [0.5, 0.6) is 0 Å². The molecule has 0 radical (unpaired) electrons. The Labute approximate surface area is 167 Å². The summed E-state index contributed by atoms with van der Waals surface area (Å²) < 4.78 is 6.17. The summed E-state index contributed by atoms with van der Waals surface area (Å²) in [5.74, 6) is -0.693. The Morgan fingerprint density at radius 2 is 1.83 bits per heavy atom. The van der Waals surface area contributed by atoms with Crippen molar-refractivity contribution in [2.24, 2.45) is 0 Å². The number of hydrogen-bond acceptors (Lipinski definition) is 6. The monoisotopic (exact) mass is 394 g/mol. The van der Waals surface area contributed by atoms with E-state index in [0.29, 0.717) is 22.2 Å². The van der Waals surface area contributed by atoms with Gasteiger partial charge in [-0.1, -0.05) is 24.3 Å². The molecule has 1 N–H and O–H groups in total. The van der Waals surface area contributed by atoms with Crippen molar-refractivity contribution >= 4 is 22.6 Å². The van der Waals surface area contributed by atoms with Crippen molar-refractivity contribution in [3.63, 3.8) is 0 Å². The third-order valence-electron chi connectivity index (χ3n) is 4.30. The number of esters is 1. The SMILES string of the molecule is CCOC(=O)CCC(=O)NCc1nn(Cc2ccccn2)c(=O)c2ccccc12. The summed E-state index contributed by atoms with van der Waals surface area (Å²) in [6, 6.07) is 12.6. The first-order valence-corrected chi connectivity index (χ1v) is 9.39. The lowest BCUT2D eigenvalue weighted by molar-refractivity contribution is -0.144. The first kappa shape index (κ1) is 20.2. The van der Waals surface area contributed by atoms with E-state index in [4.69, 9.17) is 4.74 Å². The zero-order valence-electron chi connectivity index (χ0n) is 16.1. The van der Waals surface area contributed by atoms with E-state index in [1.54, 1.807) is 37.4 Å². The van der Waals surface area contributed by atoms with Crippen LogP contribution in [0, 0.1) is 0 Å². The highest BCUT2D eigenvalue weighted by Gasteiger charge is 2.13. The minimum atomic E-state index is -0.407. The Morgan fingerprint density at radius 3 is 2.55 bits per heavy atom. The Balaban J connectivity index is 1.79. The summed E-state index contributed by atoms with van der Waals surface area (Å²) in [6.07, 6.45) is 1.71. The van der Waals surface area contributed by atoms with Gasteiger partial charge >= 0.3 is 5.97 Å². The van der Waals surface area contributed by atoms with E-state index in [1.165, 1.54) is 4.68 Å². The third-order valence-corrected chi connectivity index (χ3v) is 4.30. The van der Waals surface area contributed by atoms with Crippen LogP contribution in [0.3, 0.4) is 0 Å². The van der Waals surface area contributed by atoms with Crippen molar-refractivity contribution in [1.82, 2.24) is 20.1 Å². The number of hydrogen-bond donors (Lipinski definition) is 1. The predicted molar refractivity (Wildman–Crippen MR) is 107 cm³/mol. The van der Waals surface area contributed by atoms with Gasteiger partial charge in [-0.3, -0.25) is 19.4 Å². The summed E-state index contributed by atoms with van der Waals surface area (Å²) in [4.78, 5) is 40.5. The molecule has 2 heterocycles. The van der Waals surface area contributed by atoms with Crippen LogP contribution in [0.4, 0.5) is 0 Å². The highest BCUT2D eigenvalue weighted by molar-refractivity contribution is 5.85. The molecule has 0 atom stereocenters. The highest BCUT2D eigenvalue weighted by atomic mass is 16.5. The maximum Gasteiger partial charge on any atom is 0.306 e. The van der Waals surface area contributed by atoms with Gasteiger partial charge in [0.15, 0.2) is 0 Å². The number of carbonyl (C=O) groups is 2. The van der Waals surface area contributed by atoms with E-state index in [-0.39, 0.29) is 44.0 Å². The van der Waals surface area contributed by atoms with Gasteiger partial charge in [-0.25, -0.2) is 4.68 Å². The average molecular weight is 394 g/mol. The highest BCUT2D eigenvalue weighted by Crippen LogP contribution is 2.13. The molecular weight excluding hydrogens is 372 g/mol. The van der Waals surface area contributed by atoms with Gasteiger partial charge in [0.1, 0.15) is 0 Å². The van der Waals surface area contributed by atoms with E-state index in [2.05, 4.69) is 15.4 Å². The Kier molecular flexibility index (Phi) is 6.67. The van der Waals surface area contributed by atoms with Crippen molar-refractivity contribution in [2.75, 3.05) is 6.61 Å². The largest absolute Gasteiger partial charge is 0.466 e. The normalized spacial score (nSPS) is 10.7. The number of pyridine rings is 1. The maximum absolute atomic E-state index is 12.8. The van der Waals surface area contributed by atoms with Crippen LogP contribution < -0.4 is 10.9 Å². The molecule has 29 heavy (non-hydrogen) atoms. The van der Waals surface area contributed by atoms with E-state index in [0.717, 1.165) is 0 Å². The van der Waals surface area contributed by atoms with Crippen molar-refractivity contribution in [1.29, 1.82) is 0 Å². The first-order chi connectivity index (χ1) is 14.1. The van der Waals surface area contributed by atoms with Gasteiger partial charge < -0.3 is 10.1 Å². The number of rotatable bonds is 8. The first-order valence-electron chi connectivity index (χ1n) is 9.39. The fourth-order valence-electron chi connectivity index (χ4n) is 2.91. The number of aromatic nitrogens is 3. The van der Waals surface area contributed by atoms with Crippen LogP contribution in [-0.4, -0.2) is 33.2 Å². The smallest absolute Gasteiger partial charge is 0.306 e. The molecule has 8 heteroatoms. The van der Waals surface area contributed by atoms with Gasteiger partial charge in [0.2, 0.25) is 5.91 Å². The second-order valence-electron chi connectivity index (χ2n) is 6.36. The molecule has 0 bridgehead atoms. The molecule has 0 spiro atoms. The fraction of sp³-hybridized carbons (Fsp3) is 0.286. The third kappa shape index (κ3) is 5.25. The van der Waals surface area contributed by atoms with Crippen LogP contribution in [0.2, 0.25) is 0 Å². The van der Waals surface area contributed by atoms with Crippen molar-refractivity contribution in [2.45, 2.75) is 32.9 Å². The number of amides is 1. The minimum Gasteiger partial charge on any atom is -0.466 e. The molecule has 8 nitrogen and oxygen atoms in total. The van der Waals surface area contributed by atoms with Gasteiger partial charge in [-0.2, -0.15) is 5.10 Å². The molecule has 0 aliphatic heterocycles. The molecule has 0 saturated carbocycles. The quantitative estimate of drug-likeness (QED) is 0.585. The standard InChI is InChI=1S/C21H22N4O4/c1-2-29-20(27)11-10-19(26)23-13-18-16-8-3-4-9-17(16)21(28)25(24-18)14-15-7-5-6-12-22-15/h3-9,12H,2,10-11,13-14H2,1H3,(H,23,26). The number of nitrogens with zero attached hydrogens (tertiary/aromatic N) is 3. The molecule has 0 aliphatic rings. The van der Waals surface area contributed by atoms with E-state index >= 15 is 0 Å². The van der Waals surface area contributed by atoms with Gasteiger partial charge in [0, 0.05) is 18.0 Å². The van der Waals surface area contributed by atoms with Crippen LogP contribution in [0.15, 0.2) is 53.5 Å². The Hall–Kier alpha value is -3.55. The van der Waals surface area contributed by atoms with Crippen LogP contribution in [0.1, 0.15) is 31.2 Å². The Bertz CT molecular complexity index is 1060. The van der Waals surface area contributed by atoms with E-state index in [1.807, 2.05) is 18.2 Å². The number of ether oxygens (including phenoxy) is 1. The molecule has 0 unspecified atom stereocenters. The van der Waals surface area contributed by atoms with Gasteiger partial charge in [-0.05, 0) is 25.1 Å². The van der Waals surface area contributed by atoms with Crippen LogP contribution in [0.25, 0.3) is 10.8 Å². The van der Waals surface area contributed by atoms with E-state index in [9.17, 15) is 14.4 Å². The summed E-state index contributed by atoms with van der Waals surface area (Å²) in [5.41, 5.74) is 1.06. The second-order valence-corrected chi connectivity index (χ2v) is 6.36. The summed E-state index contributed by atoms with van der Waals surface area (Å²) in [6.45, 7) is 2.38. The lowest BCUT2D eigenvalue weighted by atomic mass is 10.1. The minimum absolute atomic E-state index is 0.0209. The average Bonchev–Trinajstić information content (AvgIpc) is 2.74. The number of nitrogens with one attached hydrogen (secondary N) is 1. The molecule has 1 aromatic carbocycles. The number of fused-ring (bicyclic) bond motifs is 1. The lowest BCUT2D eigenvalue weighted by Gasteiger charge is -2.12. The molecule has 2 aromatic heterocycles. The molecule has 150 valence electrons. The molecule has 3 rings (SSSR count). The fourth-order valence-corrected chi connectivity index (χ4v) is 2.91. The predicted octanol–water partition coefficient (Wildman–Crippen LogP) is 1.80. The summed E-state index contributed by atoms with van der Waals surface area (Å²) in [5, 5.41) is 8.41. The van der Waals surface area contributed by atoms with Gasteiger partial charge in [-0.15, -0.1) is 0 Å². The van der Waals surface area contributed by atoms with Crippen LogP contribution >= 0.6 is 0 Å². The lowest BCUT2D eigenvalue weighted by Crippen LogP contribution is -2.29. The number of benzene rings is 1. The maximum atomic E-state index is 12.8. The van der Waals surface area contributed by atoms with Crippen molar-refractivity contribution in [3.05, 3.63) is 70.4 Å². The topological polar surface area (TPSA) is 103 Å². The molecular formula is C21H22N4O4. The molecule has 3 aromatic rings. The Morgan fingerprint density at radius 1 is 1.07 bits per heavy atom. The second kappa shape index (κ2) is 9.59. The van der Waals surface area contributed by atoms with Crippen LogP contribution in [-0.2, 0) is 27.4 Å². The molecule has 0 fully saturated rings. The van der Waals surface area contributed by atoms with E-state index < -0.39 is 5.97 Å². The summed E-state index contributed by atoms with van der Waals surface area (Å²) >= 11 is 0. The zero-order valence-corrected chi connectivity index (χ0v) is 16.1. The zero-order chi connectivity index (χ0) is 20.6. The molecule has 0 saturated heterocycles. The summed E-state index contributed by atoms with van der Waals surface area (Å²) in [7, 11) is 0. The molecule has 1 amide bonds.